The van der Waals surface area contributed by atoms with Gasteiger partial charge in [-0.25, -0.2) is 0 Å². The van der Waals surface area contributed by atoms with Crippen molar-refractivity contribution < 1.29 is 14.0 Å². The summed E-state index contributed by atoms with van der Waals surface area (Å²) >= 11 is 1.24. The third-order valence-electron chi connectivity index (χ3n) is 5.36. The van der Waals surface area contributed by atoms with E-state index >= 15 is 0 Å². The standard InChI is InChI=1S/C23H26N4O3S/c1-26-11-13-27(14-12-26)16-18(17-6-3-2-4-7-17)24-23(29)20-9-10-21(31-20)25-22(28)19-8-5-15-30-19/h2-10,15,18H,11-14,16H2,1H3,(H,24,29)(H,25,28). The number of nitrogens with zero attached hydrogens (tertiary/aromatic N) is 2. The van der Waals surface area contributed by atoms with Gasteiger partial charge in [-0.15, -0.1) is 11.3 Å². The number of thiophene rings is 1. The van der Waals surface area contributed by atoms with Gasteiger partial charge in [0.2, 0.25) is 0 Å². The Morgan fingerprint density at radius 2 is 1.77 bits per heavy atom. The second-order valence-electron chi connectivity index (χ2n) is 7.64. The van der Waals surface area contributed by atoms with Crippen molar-refractivity contribution >= 4 is 28.2 Å². The fourth-order valence-corrected chi connectivity index (χ4v) is 4.35. The number of nitrogens with one attached hydrogen (secondary N) is 2. The summed E-state index contributed by atoms with van der Waals surface area (Å²) in [6.45, 7) is 4.78. The number of likely N-dealkylation sites (N-methyl/N-ethyl adjacent to an activating group) is 1. The van der Waals surface area contributed by atoms with Crippen LogP contribution < -0.4 is 10.6 Å². The summed E-state index contributed by atoms with van der Waals surface area (Å²) in [7, 11) is 2.13. The Kier molecular flexibility index (Phi) is 6.81. The molecule has 1 aliphatic rings. The maximum Gasteiger partial charge on any atom is 0.291 e. The van der Waals surface area contributed by atoms with Crippen molar-refractivity contribution in [2.75, 3.05) is 45.1 Å². The molecule has 1 atom stereocenters. The molecule has 2 N–H and O–H groups in total. The first kappa shape index (κ1) is 21.3. The highest BCUT2D eigenvalue weighted by atomic mass is 32.1. The van der Waals surface area contributed by atoms with E-state index < -0.39 is 0 Å². The van der Waals surface area contributed by atoms with Gasteiger partial charge in [0.25, 0.3) is 11.8 Å². The molecule has 3 heterocycles. The molecule has 0 saturated carbocycles. The van der Waals surface area contributed by atoms with Gasteiger partial charge in [0.15, 0.2) is 5.76 Å². The predicted octanol–water partition coefficient (Wildman–Crippen LogP) is 3.31. The summed E-state index contributed by atoms with van der Waals surface area (Å²) in [6, 6.07) is 16.7. The highest BCUT2D eigenvalue weighted by molar-refractivity contribution is 7.18. The average molecular weight is 439 g/mol. The van der Waals surface area contributed by atoms with Crippen LogP contribution in [0.3, 0.4) is 0 Å². The normalized spacial score (nSPS) is 16.0. The van der Waals surface area contributed by atoms with E-state index in [4.69, 9.17) is 4.42 Å². The molecule has 1 saturated heterocycles. The Bertz CT molecular complexity index is 995. The van der Waals surface area contributed by atoms with E-state index in [0.29, 0.717) is 9.88 Å². The maximum atomic E-state index is 13.0. The smallest absolute Gasteiger partial charge is 0.291 e. The van der Waals surface area contributed by atoms with Crippen molar-refractivity contribution in [2.24, 2.45) is 0 Å². The molecule has 0 aliphatic carbocycles. The number of carbonyl (C=O) groups is 2. The number of piperazine rings is 1. The first-order valence-corrected chi connectivity index (χ1v) is 11.1. The number of hydrogen-bond donors (Lipinski definition) is 2. The minimum atomic E-state index is -0.337. The maximum absolute atomic E-state index is 13.0. The molecular weight excluding hydrogens is 412 g/mol. The van der Waals surface area contributed by atoms with Gasteiger partial charge >= 0.3 is 0 Å². The highest BCUT2D eigenvalue weighted by Crippen LogP contribution is 2.24. The minimum Gasteiger partial charge on any atom is -0.459 e. The third kappa shape index (κ3) is 5.61. The van der Waals surface area contributed by atoms with Gasteiger partial charge in [-0.3, -0.25) is 14.5 Å². The second-order valence-corrected chi connectivity index (χ2v) is 8.72. The lowest BCUT2D eigenvalue weighted by Crippen LogP contribution is -2.47. The number of rotatable bonds is 7. The monoisotopic (exact) mass is 438 g/mol. The largest absolute Gasteiger partial charge is 0.459 e. The van der Waals surface area contributed by atoms with Gasteiger partial charge in [0, 0.05) is 32.7 Å². The van der Waals surface area contributed by atoms with Crippen molar-refractivity contribution in [3.8, 4) is 0 Å². The number of anilines is 1. The third-order valence-corrected chi connectivity index (χ3v) is 6.35. The van der Waals surface area contributed by atoms with Gasteiger partial charge < -0.3 is 20.0 Å². The number of benzene rings is 1. The van der Waals surface area contributed by atoms with E-state index in [1.165, 1.54) is 17.6 Å². The molecule has 31 heavy (non-hydrogen) atoms. The van der Waals surface area contributed by atoms with Gasteiger partial charge in [-0.1, -0.05) is 30.3 Å². The van der Waals surface area contributed by atoms with Crippen molar-refractivity contribution in [3.63, 3.8) is 0 Å². The van der Waals surface area contributed by atoms with Gasteiger partial charge in [-0.05, 0) is 36.9 Å². The molecule has 3 aromatic rings. The van der Waals surface area contributed by atoms with Crippen molar-refractivity contribution in [2.45, 2.75) is 6.04 Å². The molecule has 1 fully saturated rings. The summed E-state index contributed by atoms with van der Waals surface area (Å²) < 4.78 is 5.11. The average Bonchev–Trinajstić information content (AvgIpc) is 3.48. The quantitative estimate of drug-likeness (QED) is 0.592. The van der Waals surface area contributed by atoms with Crippen LogP contribution in [0.15, 0.2) is 65.3 Å². The van der Waals surface area contributed by atoms with Crippen LogP contribution in [0.2, 0.25) is 0 Å². The van der Waals surface area contributed by atoms with Crippen molar-refractivity contribution in [3.05, 3.63) is 77.1 Å². The first-order chi connectivity index (χ1) is 15.1. The Morgan fingerprint density at radius 1 is 1.00 bits per heavy atom. The lowest BCUT2D eigenvalue weighted by Gasteiger charge is -2.35. The fourth-order valence-electron chi connectivity index (χ4n) is 3.55. The Balaban J connectivity index is 1.42. The van der Waals surface area contributed by atoms with Crippen molar-refractivity contribution in [1.29, 1.82) is 0 Å². The SMILES string of the molecule is CN1CCN(CC(NC(=O)c2ccc(NC(=O)c3ccco3)s2)c2ccccc2)CC1. The van der Waals surface area contributed by atoms with E-state index in [2.05, 4.69) is 27.5 Å². The van der Waals surface area contributed by atoms with Crippen LogP contribution in [0.1, 0.15) is 31.8 Å². The van der Waals surface area contributed by atoms with E-state index in [1.807, 2.05) is 30.3 Å². The molecule has 1 aliphatic heterocycles. The fraction of sp³-hybridized carbons (Fsp3) is 0.304. The van der Waals surface area contributed by atoms with E-state index in [9.17, 15) is 9.59 Å². The summed E-state index contributed by atoms with van der Waals surface area (Å²) in [6.07, 6.45) is 1.45. The zero-order valence-electron chi connectivity index (χ0n) is 17.4. The van der Waals surface area contributed by atoms with Gasteiger partial charge in [-0.2, -0.15) is 0 Å². The Hall–Kier alpha value is -2.94. The predicted molar refractivity (Wildman–Crippen MR) is 122 cm³/mol. The molecule has 4 rings (SSSR count). The van der Waals surface area contributed by atoms with Crippen LogP contribution in [0.4, 0.5) is 5.00 Å². The summed E-state index contributed by atoms with van der Waals surface area (Å²) in [5, 5.41) is 6.55. The highest BCUT2D eigenvalue weighted by Gasteiger charge is 2.22. The zero-order chi connectivity index (χ0) is 21.6. The van der Waals surface area contributed by atoms with E-state index in [-0.39, 0.29) is 23.6 Å². The van der Waals surface area contributed by atoms with E-state index in [1.54, 1.807) is 24.3 Å². The Morgan fingerprint density at radius 3 is 2.48 bits per heavy atom. The molecule has 0 spiro atoms. The molecule has 1 aromatic carbocycles. The molecule has 8 heteroatoms. The lowest BCUT2D eigenvalue weighted by atomic mass is 10.1. The number of carbonyl (C=O) groups excluding carboxylic acids is 2. The van der Waals surface area contributed by atoms with Crippen molar-refractivity contribution in [1.82, 2.24) is 15.1 Å². The molecule has 0 bridgehead atoms. The summed E-state index contributed by atoms with van der Waals surface area (Å²) in [5.74, 6) is -0.252. The minimum absolute atomic E-state index is 0.111. The van der Waals surface area contributed by atoms with Gasteiger partial charge in [0.1, 0.15) is 0 Å². The molecule has 2 aromatic heterocycles. The summed E-state index contributed by atoms with van der Waals surface area (Å²) in [4.78, 5) is 30.4. The second kappa shape index (κ2) is 9.91. The van der Waals surface area contributed by atoms with Crippen LogP contribution in [0.5, 0.6) is 0 Å². The number of hydrogen-bond acceptors (Lipinski definition) is 6. The van der Waals surface area contributed by atoms with Gasteiger partial charge in [0.05, 0.1) is 22.2 Å². The van der Waals surface area contributed by atoms with Crippen LogP contribution in [-0.4, -0.2) is 61.4 Å². The number of amides is 2. The lowest BCUT2D eigenvalue weighted by molar-refractivity contribution is 0.0910. The van der Waals surface area contributed by atoms with E-state index in [0.717, 1.165) is 38.3 Å². The van der Waals surface area contributed by atoms with Crippen LogP contribution in [0.25, 0.3) is 0 Å². The first-order valence-electron chi connectivity index (χ1n) is 10.3. The van der Waals surface area contributed by atoms with Crippen LogP contribution in [-0.2, 0) is 0 Å². The van der Waals surface area contributed by atoms with Crippen LogP contribution in [0, 0.1) is 0 Å². The molecule has 7 nitrogen and oxygen atoms in total. The Labute approximate surface area is 185 Å². The molecule has 162 valence electrons. The molecular formula is C23H26N4O3S. The molecule has 1 unspecified atom stereocenters. The molecule has 2 amide bonds. The summed E-state index contributed by atoms with van der Waals surface area (Å²) in [5.41, 5.74) is 1.08. The zero-order valence-corrected chi connectivity index (χ0v) is 18.2. The molecule has 0 radical (unpaired) electrons. The number of furan rings is 1. The topological polar surface area (TPSA) is 77.8 Å². The van der Waals surface area contributed by atoms with Crippen LogP contribution >= 0.6 is 11.3 Å².